The third-order valence-corrected chi connectivity index (χ3v) is 3.02. The van der Waals surface area contributed by atoms with Crippen LogP contribution in [0.5, 0.6) is 0 Å². The van der Waals surface area contributed by atoms with Crippen LogP contribution < -0.4 is 10.6 Å². The predicted octanol–water partition coefficient (Wildman–Crippen LogP) is 2.19. The smallest absolute Gasteiger partial charge is 0.307 e. The van der Waals surface area contributed by atoms with Crippen LogP contribution in [0.15, 0.2) is 30.0 Å². The fourth-order valence-corrected chi connectivity index (χ4v) is 1.87. The summed E-state index contributed by atoms with van der Waals surface area (Å²) >= 11 is 0. The zero-order valence-electron chi connectivity index (χ0n) is 13.6. The number of esters is 1. The average molecular weight is 315 g/mol. The number of carbonyl (C=O) groups is 2. The van der Waals surface area contributed by atoms with Crippen molar-refractivity contribution in [1.29, 1.82) is 5.26 Å². The standard InChI is InChI=1S/C17H21N3O3/c1-4-23-16(21)7-8-19-11-14(10-18)17(22)20-15-6-5-12(2)9-13(15)3/h5-6,9,11,19H,4,7-8H2,1-3H3,(H,20,22)/b14-11-. The highest BCUT2D eigenvalue weighted by molar-refractivity contribution is 6.06. The van der Waals surface area contributed by atoms with E-state index in [-0.39, 0.29) is 18.0 Å². The van der Waals surface area contributed by atoms with Gasteiger partial charge in [0, 0.05) is 18.4 Å². The summed E-state index contributed by atoms with van der Waals surface area (Å²) in [4.78, 5) is 23.2. The normalized spacial score (nSPS) is 10.6. The molecule has 2 N–H and O–H groups in total. The van der Waals surface area contributed by atoms with Gasteiger partial charge in [0.05, 0.1) is 13.0 Å². The van der Waals surface area contributed by atoms with Crippen molar-refractivity contribution in [2.75, 3.05) is 18.5 Å². The molecule has 0 radical (unpaired) electrons. The van der Waals surface area contributed by atoms with Gasteiger partial charge in [0.1, 0.15) is 11.6 Å². The van der Waals surface area contributed by atoms with Gasteiger partial charge in [-0.15, -0.1) is 0 Å². The minimum atomic E-state index is -0.497. The van der Waals surface area contributed by atoms with Crippen molar-refractivity contribution < 1.29 is 14.3 Å². The molecule has 0 atom stereocenters. The molecular formula is C17H21N3O3. The van der Waals surface area contributed by atoms with Gasteiger partial charge in [-0.3, -0.25) is 9.59 Å². The molecule has 1 rings (SSSR count). The summed E-state index contributed by atoms with van der Waals surface area (Å²) in [6.45, 7) is 6.20. The summed E-state index contributed by atoms with van der Waals surface area (Å²) in [5.74, 6) is -0.824. The van der Waals surface area contributed by atoms with Crippen LogP contribution in [0, 0.1) is 25.2 Å². The Morgan fingerprint density at radius 3 is 2.70 bits per heavy atom. The van der Waals surface area contributed by atoms with Gasteiger partial charge < -0.3 is 15.4 Å². The maximum atomic E-state index is 12.1. The first kappa shape index (κ1) is 18.2. The van der Waals surface area contributed by atoms with E-state index in [9.17, 15) is 9.59 Å². The van der Waals surface area contributed by atoms with E-state index in [0.29, 0.717) is 18.8 Å². The molecule has 1 aromatic carbocycles. The molecule has 23 heavy (non-hydrogen) atoms. The molecule has 0 saturated heterocycles. The molecule has 0 aliphatic carbocycles. The van der Waals surface area contributed by atoms with Gasteiger partial charge in [-0.05, 0) is 32.4 Å². The first-order valence-electron chi connectivity index (χ1n) is 7.35. The Morgan fingerprint density at radius 1 is 1.35 bits per heavy atom. The zero-order valence-corrected chi connectivity index (χ0v) is 13.6. The van der Waals surface area contributed by atoms with E-state index in [1.165, 1.54) is 6.20 Å². The minimum absolute atomic E-state index is 0.0613. The van der Waals surface area contributed by atoms with Gasteiger partial charge >= 0.3 is 5.97 Å². The monoisotopic (exact) mass is 315 g/mol. The number of nitrogens with one attached hydrogen (secondary N) is 2. The van der Waals surface area contributed by atoms with Crippen molar-refractivity contribution in [1.82, 2.24) is 5.32 Å². The second-order valence-electron chi connectivity index (χ2n) is 4.95. The number of aryl methyl sites for hydroxylation is 2. The average Bonchev–Trinajstić information content (AvgIpc) is 2.50. The number of benzene rings is 1. The van der Waals surface area contributed by atoms with Gasteiger partial charge in [-0.1, -0.05) is 17.7 Å². The molecule has 0 saturated carbocycles. The molecule has 0 aromatic heterocycles. The summed E-state index contributed by atoms with van der Waals surface area (Å²) in [6.07, 6.45) is 1.47. The van der Waals surface area contributed by atoms with Crippen LogP contribution in [0.1, 0.15) is 24.5 Å². The van der Waals surface area contributed by atoms with Gasteiger partial charge in [0.25, 0.3) is 5.91 Å². The summed E-state index contributed by atoms with van der Waals surface area (Å²) in [6, 6.07) is 7.47. The maximum absolute atomic E-state index is 12.1. The SMILES string of the molecule is CCOC(=O)CCN/C=C(/C#N)C(=O)Nc1ccc(C)cc1C. The van der Waals surface area contributed by atoms with Crippen LogP contribution in [0.2, 0.25) is 0 Å². The Hall–Kier alpha value is -2.81. The van der Waals surface area contributed by atoms with Crippen molar-refractivity contribution in [2.45, 2.75) is 27.2 Å². The Kier molecular flexibility index (Phi) is 7.34. The van der Waals surface area contributed by atoms with E-state index in [2.05, 4.69) is 10.6 Å². The molecule has 0 bridgehead atoms. The van der Waals surface area contributed by atoms with Gasteiger partial charge in [0.2, 0.25) is 0 Å². The summed E-state index contributed by atoms with van der Waals surface area (Å²) in [5, 5.41) is 14.5. The lowest BCUT2D eigenvalue weighted by Crippen LogP contribution is -2.19. The van der Waals surface area contributed by atoms with Crippen molar-refractivity contribution in [2.24, 2.45) is 0 Å². The topological polar surface area (TPSA) is 91.2 Å². The van der Waals surface area contributed by atoms with Gasteiger partial charge in [-0.2, -0.15) is 5.26 Å². The molecule has 0 aliphatic rings. The van der Waals surface area contributed by atoms with Crippen LogP contribution in [-0.2, 0) is 14.3 Å². The van der Waals surface area contributed by atoms with E-state index in [4.69, 9.17) is 10.00 Å². The van der Waals surface area contributed by atoms with Crippen LogP contribution in [0.3, 0.4) is 0 Å². The van der Waals surface area contributed by atoms with Crippen LogP contribution in [0.4, 0.5) is 5.69 Å². The number of nitriles is 1. The highest BCUT2D eigenvalue weighted by Crippen LogP contribution is 2.16. The lowest BCUT2D eigenvalue weighted by atomic mass is 10.1. The molecule has 1 aromatic rings. The minimum Gasteiger partial charge on any atom is -0.466 e. The van der Waals surface area contributed by atoms with Crippen LogP contribution >= 0.6 is 0 Å². The fourth-order valence-electron chi connectivity index (χ4n) is 1.87. The maximum Gasteiger partial charge on any atom is 0.307 e. The summed E-state index contributed by atoms with van der Waals surface area (Å²) in [5.41, 5.74) is 2.62. The summed E-state index contributed by atoms with van der Waals surface area (Å²) < 4.78 is 4.78. The molecule has 6 nitrogen and oxygen atoms in total. The first-order valence-corrected chi connectivity index (χ1v) is 7.35. The van der Waals surface area contributed by atoms with Crippen molar-refractivity contribution in [3.8, 4) is 6.07 Å². The van der Waals surface area contributed by atoms with E-state index in [0.717, 1.165) is 11.1 Å². The molecule has 1 amide bonds. The highest BCUT2D eigenvalue weighted by atomic mass is 16.5. The molecule has 0 fully saturated rings. The quantitative estimate of drug-likeness (QED) is 0.348. The van der Waals surface area contributed by atoms with Gasteiger partial charge in [-0.25, -0.2) is 0 Å². The van der Waals surface area contributed by atoms with Crippen molar-refractivity contribution in [3.63, 3.8) is 0 Å². The van der Waals surface area contributed by atoms with Crippen molar-refractivity contribution >= 4 is 17.6 Å². The van der Waals surface area contributed by atoms with Crippen LogP contribution in [-0.4, -0.2) is 25.0 Å². The third-order valence-electron chi connectivity index (χ3n) is 3.02. The lowest BCUT2D eigenvalue weighted by Gasteiger charge is -2.08. The largest absolute Gasteiger partial charge is 0.466 e. The first-order chi connectivity index (χ1) is 11.0. The molecule has 122 valence electrons. The number of anilines is 1. The van der Waals surface area contributed by atoms with E-state index >= 15 is 0 Å². The fraction of sp³-hybridized carbons (Fsp3) is 0.353. The molecule has 0 aliphatic heterocycles. The third kappa shape index (κ3) is 6.22. The molecule has 0 heterocycles. The number of rotatable bonds is 7. The molecule has 6 heteroatoms. The Labute approximate surface area is 136 Å². The molecule has 0 spiro atoms. The zero-order chi connectivity index (χ0) is 17.2. The Balaban J connectivity index is 2.59. The number of amides is 1. The number of carbonyl (C=O) groups excluding carboxylic acids is 2. The number of hydrogen-bond acceptors (Lipinski definition) is 5. The highest BCUT2D eigenvalue weighted by Gasteiger charge is 2.10. The summed E-state index contributed by atoms with van der Waals surface area (Å²) in [7, 11) is 0. The lowest BCUT2D eigenvalue weighted by molar-refractivity contribution is -0.142. The number of nitrogens with zero attached hydrogens (tertiary/aromatic N) is 1. The molecular weight excluding hydrogens is 294 g/mol. The second-order valence-corrected chi connectivity index (χ2v) is 4.95. The Bertz CT molecular complexity index is 645. The second kappa shape index (κ2) is 9.26. The number of ether oxygens (including phenoxy) is 1. The number of hydrogen-bond donors (Lipinski definition) is 2. The van der Waals surface area contributed by atoms with E-state index in [1.807, 2.05) is 32.0 Å². The van der Waals surface area contributed by atoms with E-state index in [1.54, 1.807) is 13.0 Å². The van der Waals surface area contributed by atoms with Crippen molar-refractivity contribution in [3.05, 3.63) is 41.1 Å². The molecule has 0 unspecified atom stereocenters. The predicted molar refractivity (Wildman–Crippen MR) is 87.5 cm³/mol. The van der Waals surface area contributed by atoms with Gasteiger partial charge in [0.15, 0.2) is 0 Å². The van der Waals surface area contributed by atoms with E-state index < -0.39 is 5.91 Å². The van der Waals surface area contributed by atoms with Crippen LogP contribution in [0.25, 0.3) is 0 Å². The Morgan fingerprint density at radius 2 is 2.09 bits per heavy atom.